The highest BCUT2D eigenvalue weighted by atomic mass is 15.1. The zero-order chi connectivity index (χ0) is 33.0. The molecule has 0 amide bonds. The van der Waals surface area contributed by atoms with Gasteiger partial charge in [0, 0.05) is 18.8 Å². The summed E-state index contributed by atoms with van der Waals surface area (Å²) in [5.41, 5.74) is 8.18. The summed E-state index contributed by atoms with van der Waals surface area (Å²) in [6, 6.07) is 51.0. The van der Waals surface area contributed by atoms with Gasteiger partial charge < -0.3 is 0 Å². The Bertz CT molecular complexity index is 2420. The molecule has 0 aliphatic rings. The number of aromatic nitrogens is 2. The lowest BCUT2D eigenvalue weighted by Crippen LogP contribution is -2.03. The van der Waals surface area contributed by atoms with Crippen LogP contribution in [0.25, 0.3) is 71.6 Å². The summed E-state index contributed by atoms with van der Waals surface area (Å²) in [6.45, 7) is -2.93. The number of hydrogen-bond acceptors (Lipinski definition) is 1. The molecule has 0 saturated carbocycles. The van der Waals surface area contributed by atoms with Gasteiger partial charge >= 0.3 is 0 Å². The van der Waals surface area contributed by atoms with E-state index in [2.05, 4.69) is 89.9 Å². The number of para-hydroxylation sites is 3. The van der Waals surface area contributed by atoms with Crippen LogP contribution in [0.15, 0.2) is 152 Å². The fourth-order valence-electron chi connectivity index (χ4n) is 6.45. The van der Waals surface area contributed by atoms with Crippen molar-refractivity contribution >= 4 is 32.6 Å². The number of nitrogens with zero attached hydrogens (tertiary/aromatic N) is 2. The summed E-state index contributed by atoms with van der Waals surface area (Å²) in [5, 5.41) is 4.24. The van der Waals surface area contributed by atoms with E-state index in [0.29, 0.717) is 16.7 Å². The minimum atomic E-state index is -2.93. The predicted molar refractivity (Wildman–Crippen MR) is 182 cm³/mol. The number of imidazole rings is 1. The molecule has 0 atom stereocenters. The largest absolute Gasteiger partial charge is 0.296 e. The Morgan fingerprint density at radius 2 is 1.14 bits per heavy atom. The van der Waals surface area contributed by atoms with Crippen molar-refractivity contribution in [1.29, 1.82) is 0 Å². The van der Waals surface area contributed by atoms with E-state index in [9.17, 15) is 0 Å². The van der Waals surface area contributed by atoms with Gasteiger partial charge in [0.15, 0.2) is 0 Å². The second kappa shape index (κ2) is 10.4. The van der Waals surface area contributed by atoms with Gasteiger partial charge in [-0.2, -0.15) is 0 Å². The lowest BCUT2D eigenvalue weighted by molar-refractivity contribution is 0.909. The quantitative estimate of drug-likeness (QED) is 0.193. The fraction of sp³-hybridized carbons (Fsp3) is 0.0488. The van der Waals surface area contributed by atoms with Crippen LogP contribution < -0.4 is 0 Å². The standard InChI is InChI=1S/C41H30N2/c1-2-39-42-36-24-11-13-26-38(36)43(39)37-25-12-10-23-35(37)41-33-21-8-6-19-31(33)40(32-20-7-9-22-34(32)41)30-18-14-17-29(27-30)28-15-4-3-5-16-28/h3-27H,2H2,1H3/i1D3,2D2. The lowest BCUT2D eigenvalue weighted by atomic mass is 9.85. The zero-order valence-corrected chi connectivity index (χ0v) is 23.3. The number of benzene rings is 7. The maximum absolute atomic E-state index is 8.80. The Labute approximate surface area is 258 Å². The van der Waals surface area contributed by atoms with E-state index in [1.807, 2.05) is 60.7 Å². The van der Waals surface area contributed by atoms with Crippen molar-refractivity contribution in [2.75, 3.05) is 0 Å². The number of aryl methyl sites for hydroxylation is 1. The highest BCUT2D eigenvalue weighted by Gasteiger charge is 2.21. The molecule has 43 heavy (non-hydrogen) atoms. The van der Waals surface area contributed by atoms with Crippen LogP contribution >= 0.6 is 0 Å². The molecular formula is C41H30N2. The van der Waals surface area contributed by atoms with Crippen LogP contribution in [0.3, 0.4) is 0 Å². The molecule has 0 fully saturated rings. The third-order valence-corrected chi connectivity index (χ3v) is 8.28. The number of rotatable bonds is 5. The molecule has 1 heterocycles. The van der Waals surface area contributed by atoms with Gasteiger partial charge in [0.1, 0.15) is 5.82 Å². The van der Waals surface area contributed by atoms with Crippen molar-refractivity contribution in [3.63, 3.8) is 0 Å². The molecule has 0 aliphatic carbocycles. The summed E-state index contributed by atoms with van der Waals surface area (Å²) in [6.07, 6.45) is -2.71. The molecule has 8 aromatic rings. The second-order valence-corrected chi connectivity index (χ2v) is 10.7. The summed E-state index contributed by atoms with van der Waals surface area (Å²) in [5.74, 6) is -0.154. The van der Waals surface area contributed by atoms with Crippen LogP contribution in [0.4, 0.5) is 0 Å². The summed E-state index contributed by atoms with van der Waals surface area (Å²) >= 11 is 0. The van der Waals surface area contributed by atoms with Gasteiger partial charge in [0.2, 0.25) is 0 Å². The smallest absolute Gasteiger partial charge is 0.114 e. The van der Waals surface area contributed by atoms with E-state index in [1.54, 1.807) is 10.6 Å². The average molecular weight is 556 g/mol. The molecule has 0 spiro atoms. The van der Waals surface area contributed by atoms with Gasteiger partial charge in [-0.25, -0.2) is 4.98 Å². The van der Waals surface area contributed by atoms with E-state index >= 15 is 0 Å². The first-order valence-electron chi connectivity index (χ1n) is 16.9. The fourth-order valence-corrected chi connectivity index (χ4v) is 6.45. The van der Waals surface area contributed by atoms with Gasteiger partial charge in [0.05, 0.1) is 16.7 Å². The summed E-state index contributed by atoms with van der Waals surface area (Å²) in [4.78, 5) is 4.60. The highest BCUT2D eigenvalue weighted by molar-refractivity contribution is 6.22. The zero-order valence-electron chi connectivity index (χ0n) is 28.3. The molecule has 0 aliphatic heterocycles. The molecule has 2 nitrogen and oxygen atoms in total. The predicted octanol–water partition coefficient (Wildman–Crippen LogP) is 10.9. The monoisotopic (exact) mass is 555 g/mol. The van der Waals surface area contributed by atoms with Gasteiger partial charge in [-0.1, -0.05) is 134 Å². The highest BCUT2D eigenvalue weighted by Crippen LogP contribution is 2.45. The molecule has 0 saturated heterocycles. The molecule has 0 bridgehead atoms. The summed E-state index contributed by atoms with van der Waals surface area (Å²) < 4.78 is 43.7. The van der Waals surface area contributed by atoms with E-state index in [4.69, 9.17) is 6.85 Å². The van der Waals surface area contributed by atoms with E-state index in [0.717, 1.165) is 54.9 Å². The van der Waals surface area contributed by atoms with Crippen molar-refractivity contribution in [3.05, 3.63) is 157 Å². The lowest BCUT2D eigenvalue weighted by Gasteiger charge is -2.21. The normalized spacial score (nSPS) is 13.8. The molecule has 204 valence electrons. The van der Waals surface area contributed by atoms with Crippen LogP contribution in [0, 0.1) is 0 Å². The number of fused-ring (bicyclic) bond motifs is 3. The van der Waals surface area contributed by atoms with E-state index in [1.165, 1.54) is 0 Å². The minimum Gasteiger partial charge on any atom is -0.296 e. The molecule has 2 heteroatoms. The molecular weight excluding hydrogens is 520 g/mol. The van der Waals surface area contributed by atoms with Gasteiger partial charge in [0.25, 0.3) is 0 Å². The first-order chi connectivity index (χ1) is 23.2. The minimum absolute atomic E-state index is 0.154. The Morgan fingerprint density at radius 1 is 0.558 bits per heavy atom. The van der Waals surface area contributed by atoms with E-state index in [-0.39, 0.29) is 5.82 Å². The van der Waals surface area contributed by atoms with Crippen LogP contribution in [0.5, 0.6) is 0 Å². The third-order valence-electron chi connectivity index (χ3n) is 8.28. The number of hydrogen-bond donors (Lipinski definition) is 0. The Kier molecular flexibility index (Phi) is 4.95. The van der Waals surface area contributed by atoms with Crippen molar-refractivity contribution in [3.8, 4) is 39.1 Å². The molecule has 1 aromatic heterocycles. The van der Waals surface area contributed by atoms with Crippen LogP contribution in [0.2, 0.25) is 0 Å². The SMILES string of the molecule is [2H]C([2H])([2H])C([2H])([2H])c1nc2ccccc2n1-c1ccccc1-c1c2ccccc2c(-c2cccc(-c3ccccc3)c2)c2ccccc12. The van der Waals surface area contributed by atoms with Gasteiger partial charge in [-0.05, 0) is 73.6 Å². The molecule has 7 aromatic carbocycles. The second-order valence-electron chi connectivity index (χ2n) is 10.7. The molecule has 0 unspecified atom stereocenters. The maximum atomic E-state index is 8.80. The van der Waals surface area contributed by atoms with Crippen LogP contribution in [-0.4, -0.2) is 9.55 Å². The Morgan fingerprint density at radius 3 is 1.88 bits per heavy atom. The van der Waals surface area contributed by atoms with Crippen molar-refractivity contribution in [2.24, 2.45) is 0 Å². The average Bonchev–Trinajstić information content (AvgIpc) is 3.51. The third kappa shape index (κ3) is 4.14. The van der Waals surface area contributed by atoms with Gasteiger partial charge in [-0.15, -0.1) is 0 Å². The topological polar surface area (TPSA) is 17.8 Å². The first kappa shape index (κ1) is 20.4. The van der Waals surface area contributed by atoms with Crippen molar-refractivity contribution in [1.82, 2.24) is 9.55 Å². The van der Waals surface area contributed by atoms with Gasteiger partial charge in [-0.3, -0.25) is 4.57 Å². The van der Waals surface area contributed by atoms with Crippen molar-refractivity contribution in [2.45, 2.75) is 13.2 Å². The van der Waals surface area contributed by atoms with Crippen LogP contribution in [-0.2, 0) is 6.37 Å². The molecule has 8 rings (SSSR count). The van der Waals surface area contributed by atoms with Crippen molar-refractivity contribution < 1.29 is 6.85 Å². The first-order valence-corrected chi connectivity index (χ1v) is 14.4. The van der Waals surface area contributed by atoms with Crippen LogP contribution in [0.1, 0.15) is 19.5 Å². The maximum Gasteiger partial charge on any atom is 0.114 e. The summed E-state index contributed by atoms with van der Waals surface area (Å²) in [7, 11) is 0. The molecule has 0 N–H and O–H groups in total. The van der Waals surface area contributed by atoms with E-state index < -0.39 is 13.2 Å². The Hall–Kier alpha value is -5.47. The Balaban J connectivity index is 1.45. The molecule has 0 radical (unpaired) electrons.